The summed E-state index contributed by atoms with van der Waals surface area (Å²) < 4.78 is 16.6. The molecule has 1 N–H and O–H groups in total. The van der Waals surface area contributed by atoms with Crippen LogP contribution in [0.3, 0.4) is 0 Å². The lowest BCUT2D eigenvalue weighted by atomic mass is 9.74. The summed E-state index contributed by atoms with van der Waals surface area (Å²) in [7, 11) is 5.27. The molecule has 1 aromatic carbocycles. The highest BCUT2D eigenvalue weighted by molar-refractivity contribution is 5.49. The third kappa shape index (κ3) is 5.68. The minimum Gasteiger partial charge on any atom is -0.493 e. The predicted molar refractivity (Wildman–Crippen MR) is 123 cm³/mol. The van der Waals surface area contributed by atoms with E-state index in [1.54, 1.807) is 14.2 Å². The lowest BCUT2D eigenvalue weighted by molar-refractivity contribution is 0.00728. The molecule has 2 saturated heterocycles. The Labute approximate surface area is 183 Å². The number of rotatable bonds is 6. The molecule has 3 unspecified atom stereocenters. The Morgan fingerprint density at radius 1 is 1.03 bits per heavy atom. The molecule has 0 aliphatic carbocycles. The number of nitrogens with one attached hydrogen (secondary N) is 1. The summed E-state index contributed by atoms with van der Waals surface area (Å²) in [6.07, 6.45) is 6.33. The molecule has 0 amide bonds. The van der Waals surface area contributed by atoms with Crippen LogP contribution in [-0.4, -0.2) is 59.0 Å². The molecule has 0 radical (unpaired) electrons. The molecule has 2 fully saturated rings. The zero-order valence-corrected chi connectivity index (χ0v) is 19.7. The summed E-state index contributed by atoms with van der Waals surface area (Å²) in [4.78, 5) is 2.69. The predicted octanol–water partition coefficient (Wildman–Crippen LogP) is 4.30. The van der Waals surface area contributed by atoms with Gasteiger partial charge in [-0.15, -0.1) is 0 Å². The zero-order chi connectivity index (χ0) is 21.5. The highest BCUT2D eigenvalue weighted by atomic mass is 16.5. The third-order valence-electron chi connectivity index (χ3n) is 6.89. The van der Waals surface area contributed by atoms with Crippen molar-refractivity contribution in [2.75, 3.05) is 54.1 Å². The fourth-order valence-corrected chi connectivity index (χ4v) is 5.42. The maximum Gasteiger partial charge on any atom is 0.161 e. The minimum absolute atomic E-state index is 0.479. The number of fused-ring (bicyclic) bond motifs is 3. The Balaban J connectivity index is 0.000000448. The summed E-state index contributed by atoms with van der Waals surface area (Å²) in [5.41, 5.74) is 2.84. The number of methoxy groups -OCH3 is 3. The molecule has 0 aromatic heterocycles. The molecule has 0 spiro atoms. The first-order valence-corrected chi connectivity index (χ1v) is 11.8. The van der Waals surface area contributed by atoms with Gasteiger partial charge in [0.2, 0.25) is 0 Å². The van der Waals surface area contributed by atoms with Crippen molar-refractivity contribution in [3.8, 4) is 11.5 Å². The molecule has 3 aliphatic rings. The highest BCUT2D eigenvalue weighted by Crippen LogP contribution is 2.45. The topological polar surface area (TPSA) is 43.0 Å². The Kier molecular flexibility index (Phi) is 8.84. The fourth-order valence-electron chi connectivity index (χ4n) is 5.42. The van der Waals surface area contributed by atoms with Gasteiger partial charge in [0.1, 0.15) is 0 Å². The van der Waals surface area contributed by atoms with Crippen LogP contribution in [0.5, 0.6) is 11.5 Å². The van der Waals surface area contributed by atoms with Gasteiger partial charge in [-0.3, -0.25) is 4.90 Å². The summed E-state index contributed by atoms with van der Waals surface area (Å²) in [5.74, 6) is 3.79. The molecule has 1 aromatic rings. The second-order valence-corrected chi connectivity index (χ2v) is 9.46. The Morgan fingerprint density at radius 3 is 2.30 bits per heavy atom. The Bertz CT molecular complexity index is 652. The summed E-state index contributed by atoms with van der Waals surface area (Å²) in [5, 5.41) is 3.22. The summed E-state index contributed by atoms with van der Waals surface area (Å²) in [6.45, 7) is 10.4. The van der Waals surface area contributed by atoms with Gasteiger partial charge in [-0.25, -0.2) is 0 Å². The van der Waals surface area contributed by atoms with Crippen LogP contribution in [0.15, 0.2) is 12.1 Å². The molecule has 3 heterocycles. The molecule has 3 atom stereocenters. The molecule has 0 bridgehead atoms. The Morgan fingerprint density at radius 2 is 1.73 bits per heavy atom. The van der Waals surface area contributed by atoms with Crippen molar-refractivity contribution >= 4 is 0 Å². The number of hydrogen-bond donors (Lipinski definition) is 1. The fraction of sp³-hybridized carbons (Fsp3) is 0.760. The number of hydrogen-bond acceptors (Lipinski definition) is 5. The standard InChI is InChI=1S/C21H33NO3.C4H9N/c1-14(2)8-16-12-22-7-6-15-10-20(24-4)21(25-5)11-18(15)19(22)9-17(16)13-23-3;1-2-4-5-3-1/h10-11,14,16-17,19H,6-9,12-13H2,1-5H3;5H,1-4H2. The van der Waals surface area contributed by atoms with Crippen LogP contribution in [0.1, 0.15) is 56.7 Å². The van der Waals surface area contributed by atoms with E-state index >= 15 is 0 Å². The molecule has 3 aliphatic heterocycles. The van der Waals surface area contributed by atoms with Crippen molar-refractivity contribution in [3.05, 3.63) is 23.3 Å². The van der Waals surface area contributed by atoms with Crippen LogP contribution in [0.25, 0.3) is 0 Å². The van der Waals surface area contributed by atoms with Crippen LogP contribution in [0.4, 0.5) is 0 Å². The third-order valence-corrected chi connectivity index (χ3v) is 6.89. The maximum absolute atomic E-state index is 5.58. The maximum atomic E-state index is 5.58. The van der Waals surface area contributed by atoms with Gasteiger partial charge in [-0.2, -0.15) is 0 Å². The SMILES string of the molecule is C1CCNC1.COCC1CC2c3cc(OC)c(OC)cc3CCN2CC1CC(C)C. The molecular weight excluding hydrogens is 376 g/mol. The van der Waals surface area contributed by atoms with Gasteiger partial charge in [0.25, 0.3) is 0 Å². The molecule has 170 valence electrons. The number of nitrogens with zero attached hydrogens (tertiary/aromatic N) is 1. The van der Waals surface area contributed by atoms with Gasteiger partial charge in [-0.05, 0) is 86.2 Å². The normalized spacial score (nSPS) is 25.9. The number of benzene rings is 1. The van der Waals surface area contributed by atoms with Crippen molar-refractivity contribution in [1.82, 2.24) is 10.2 Å². The highest BCUT2D eigenvalue weighted by Gasteiger charge is 2.39. The first-order valence-electron chi connectivity index (χ1n) is 11.8. The quantitative estimate of drug-likeness (QED) is 0.746. The minimum atomic E-state index is 0.479. The van der Waals surface area contributed by atoms with E-state index in [0.29, 0.717) is 12.0 Å². The van der Waals surface area contributed by atoms with Crippen LogP contribution < -0.4 is 14.8 Å². The van der Waals surface area contributed by atoms with E-state index in [-0.39, 0.29) is 0 Å². The van der Waals surface area contributed by atoms with E-state index in [1.807, 2.05) is 7.11 Å². The molecule has 0 saturated carbocycles. The van der Waals surface area contributed by atoms with Gasteiger partial charge < -0.3 is 19.5 Å². The molecule has 30 heavy (non-hydrogen) atoms. The second kappa shape index (κ2) is 11.4. The average molecular weight is 419 g/mol. The van der Waals surface area contributed by atoms with Gasteiger partial charge in [0.15, 0.2) is 11.5 Å². The molecule has 5 heteroatoms. The van der Waals surface area contributed by atoms with E-state index in [0.717, 1.165) is 42.9 Å². The monoisotopic (exact) mass is 418 g/mol. The largest absolute Gasteiger partial charge is 0.493 e. The van der Waals surface area contributed by atoms with E-state index < -0.39 is 0 Å². The molecular formula is C25H42N2O3. The lowest BCUT2D eigenvalue weighted by Crippen LogP contribution is -2.47. The van der Waals surface area contributed by atoms with Gasteiger partial charge in [0, 0.05) is 32.8 Å². The van der Waals surface area contributed by atoms with Crippen molar-refractivity contribution in [3.63, 3.8) is 0 Å². The van der Waals surface area contributed by atoms with Crippen LogP contribution >= 0.6 is 0 Å². The average Bonchev–Trinajstić information content (AvgIpc) is 3.33. The smallest absolute Gasteiger partial charge is 0.161 e. The van der Waals surface area contributed by atoms with Crippen LogP contribution in [-0.2, 0) is 11.2 Å². The van der Waals surface area contributed by atoms with Gasteiger partial charge >= 0.3 is 0 Å². The zero-order valence-electron chi connectivity index (χ0n) is 19.7. The van der Waals surface area contributed by atoms with Crippen molar-refractivity contribution in [1.29, 1.82) is 0 Å². The Hall–Kier alpha value is -1.30. The van der Waals surface area contributed by atoms with Crippen LogP contribution in [0, 0.1) is 17.8 Å². The van der Waals surface area contributed by atoms with Gasteiger partial charge in [-0.1, -0.05) is 13.8 Å². The summed E-state index contributed by atoms with van der Waals surface area (Å²) >= 11 is 0. The number of piperidine rings is 1. The molecule has 4 rings (SSSR count). The molecule has 5 nitrogen and oxygen atoms in total. The van der Waals surface area contributed by atoms with E-state index in [2.05, 4.69) is 36.2 Å². The van der Waals surface area contributed by atoms with E-state index in [4.69, 9.17) is 14.2 Å². The first-order chi connectivity index (χ1) is 14.6. The second-order valence-electron chi connectivity index (χ2n) is 9.46. The summed E-state index contributed by atoms with van der Waals surface area (Å²) in [6, 6.07) is 4.86. The first kappa shape index (κ1) is 23.4. The van der Waals surface area contributed by atoms with Crippen molar-refractivity contribution in [2.45, 2.75) is 52.0 Å². The lowest BCUT2D eigenvalue weighted by Gasteiger charge is -2.47. The van der Waals surface area contributed by atoms with Crippen LogP contribution in [0.2, 0.25) is 0 Å². The van der Waals surface area contributed by atoms with E-state index in [1.165, 1.54) is 56.4 Å². The van der Waals surface area contributed by atoms with Crippen molar-refractivity contribution < 1.29 is 14.2 Å². The van der Waals surface area contributed by atoms with Crippen molar-refractivity contribution in [2.24, 2.45) is 17.8 Å². The number of ether oxygens (including phenoxy) is 3. The van der Waals surface area contributed by atoms with Gasteiger partial charge in [0.05, 0.1) is 14.2 Å². The van der Waals surface area contributed by atoms with E-state index in [9.17, 15) is 0 Å².